The van der Waals surface area contributed by atoms with Gasteiger partial charge in [-0.15, -0.1) is 0 Å². The molecule has 3 amide bonds. The summed E-state index contributed by atoms with van der Waals surface area (Å²) in [6.07, 6.45) is 9.81. The van der Waals surface area contributed by atoms with E-state index in [0.717, 1.165) is 12.8 Å². The summed E-state index contributed by atoms with van der Waals surface area (Å²) in [7, 11) is 0. The van der Waals surface area contributed by atoms with E-state index in [9.17, 15) is 14.4 Å². The molecule has 7 heteroatoms. The molecule has 1 aromatic rings. The van der Waals surface area contributed by atoms with E-state index >= 15 is 0 Å². The Labute approximate surface area is 147 Å². The van der Waals surface area contributed by atoms with Gasteiger partial charge in [0.05, 0.1) is 17.4 Å². The molecule has 1 saturated carbocycles. The molecule has 3 rings (SSSR count). The number of carbonyl (C=O) groups is 3. The molecular formula is C18H24N4O3. The van der Waals surface area contributed by atoms with Crippen LogP contribution in [0.3, 0.4) is 0 Å². The molecule has 25 heavy (non-hydrogen) atoms. The van der Waals surface area contributed by atoms with E-state index in [1.807, 2.05) is 0 Å². The minimum absolute atomic E-state index is 0.185. The number of piperidine rings is 1. The van der Waals surface area contributed by atoms with Gasteiger partial charge < -0.3 is 16.0 Å². The van der Waals surface area contributed by atoms with E-state index < -0.39 is 17.7 Å². The number of nitrogens with two attached hydrogens (primary N) is 1. The molecule has 0 radical (unpaired) electrons. The lowest BCUT2D eigenvalue weighted by atomic mass is 9.82. The predicted octanol–water partition coefficient (Wildman–Crippen LogP) is 1.55. The van der Waals surface area contributed by atoms with Gasteiger partial charge in [0, 0.05) is 19.3 Å². The number of likely N-dealkylation sites (tertiary alicyclic amines) is 1. The van der Waals surface area contributed by atoms with E-state index in [0.29, 0.717) is 30.6 Å². The van der Waals surface area contributed by atoms with Crippen LogP contribution in [0.1, 0.15) is 48.9 Å². The van der Waals surface area contributed by atoms with Crippen molar-refractivity contribution >= 4 is 23.4 Å². The molecular weight excluding hydrogens is 320 g/mol. The van der Waals surface area contributed by atoms with Gasteiger partial charge in [0.25, 0.3) is 0 Å². The number of hydrogen-bond donors (Lipinski definition) is 2. The normalized spacial score (nSPS) is 23.3. The number of amides is 3. The van der Waals surface area contributed by atoms with Gasteiger partial charge in [-0.3, -0.25) is 19.4 Å². The summed E-state index contributed by atoms with van der Waals surface area (Å²) in [5.74, 6) is -0.660. The highest BCUT2D eigenvalue weighted by atomic mass is 16.2. The Balaban J connectivity index is 1.61. The van der Waals surface area contributed by atoms with E-state index in [1.165, 1.54) is 44.1 Å². The van der Waals surface area contributed by atoms with Crippen molar-refractivity contribution in [1.82, 2.24) is 9.88 Å². The maximum absolute atomic E-state index is 12.5. The van der Waals surface area contributed by atoms with Gasteiger partial charge in [0.2, 0.25) is 5.91 Å². The molecule has 0 aromatic carbocycles. The number of fused-ring (bicyclic) bond motifs is 1. The van der Waals surface area contributed by atoms with E-state index in [2.05, 4.69) is 10.3 Å². The van der Waals surface area contributed by atoms with Crippen LogP contribution in [0.25, 0.3) is 0 Å². The monoisotopic (exact) mass is 344 g/mol. The minimum Gasteiger partial charge on any atom is -0.366 e. The number of nitrogens with one attached hydrogen (secondary N) is 1. The van der Waals surface area contributed by atoms with Gasteiger partial charge in [-0.05, 0) is 30.7 Å². The third-order valence-electron chi connectivity index (χ3n) is 5.30. The fourth-order valence-corrected chi connectivity index (χ4v) is 3.93. The van der Waals surface area contributed by atoms with Crippen LogP contribution in [0, 0.1) is 11.8 Å². The molecule has 0 bridgehead atoms. The second-order valence-corrected chi connectivity index (χ2v) is 6.98. The van der Waals surface area contributed by atoms with Gasteiger partial charge in [-0.1, -0.05) is 25.7 Å². The number of pyridine rings is 1. The fourth-order valence-electron chi connectivity index (χ4n) is 3.93. The summed E-state index contributed by atoms with van der Waals surface area (Å²) in [5, 5.41) is 2.52. The van der Waals surface area contributed by atoms with Gasteiger partial charge in [0.15, 0.2) is 0 Å². The third-order valence-corrected chi connectivity index (χ3v) is 5.30. The van der Waals surface area contributed by atoms with E-state index in [1.54, 1.807) is 4.90 Å². The number of primary amides is 1. The first kappa shape index (κ1) is 17.4. The van der Waals surface area contributed by atoms with Crippen LogP contribution in [-0.4, -0.2) is 40.7 Å². The highest BCUT2D eigenvalue weighted by molar-refractivity contribution is 6.39. The van der Waals surface area contributed by atoms with Crippen LogP contribution in [0.15, 0.2) is 18.5 Å². The first-order valence-corrected chi connectivity index (χ1v) is 8.89. The average molecular weight is 344 g/mol. The number of nitrogens with zero attached hydrogens (tertiary/aromatic N) is 2. The summed E-state index contributed by atoms with van der Waals surface area (Å²) in [4.78, 5) is 41.4. The predicted molar refractivity (Wildman–Crippen MR) is 92.6 cm³/mol. The van der Waals surface area contributed by atoms with Crippen LogP contribution in [-0.2, 0) is 9.59 Å². The standard InChI is InChI=1S/C18H24N4O3/c19-16(23)14-8-15(10-20-9-14)21-17(24)18(25)22-7-6-12-4-2-1-3-5-13(12)11-22/h8-10,12-13H,1-7,11H2,(H2,19,23)(H,21,24)/t12-,13+/m1/s1. The quantitative estimate of drug-likeness (QED) is 0.794. The Kier molecular flexibility index (Phi) is 5.31. The van der Waals surface area contributed by atoms with Gasteiger partial charge in [0.1, 0.15) is 0 Å². The van der Waals surface area contributed by atoms with Gasteiger partial charge in [-0.25, -0.2) is 0 Å². The molecule has 7 nitrogen and oxygen atoms in total. The van der Waals surface area contributed by atoms with Gasteiger partial charge >= 0.3 is 11.8 Å². The molecule has 2 aliphatic rings. The summed E-state index contributed by atoms with van der Waals surface area (Å²) in [6, 6.07) is 1.41. The molecule has 1 saturated heterocycles. The zero-order valence-corrected chi connectivity index (χ0v) is 14.2. The Morgan fingerprint density at radius 1 is 1.08 bits per heavy atom. The highest BCUT2D eigenvalue weighted by Crippen LogP contribution is 2.34. The molecule has 1 aliphatic heterocycles. The maximum Gasteiger partial charge on any atom is 0.313 e. The van der Waals surface area contributed by atoms with Crippen LogP contribution in [0.2, 0.25) is 0 Å². The van der Waals surface area contributed by atoms with Crippen molar-refractivity contribution < 1.29 is 14.4 Å². The number of aromatic nitrogens is 1. The second kappa shape index (κ2) is 7.63. The smallest absolute Gasteiger partial charge is 0.313 e. The van der Waals surface area contributed by atoms with Crippen molar-refractivity contribution in [2.75, 3.05) is 18.4 Å². The Morgan fingerprint density at radius 3 is 2.60 bits per heavy atom. The second-order valence-electron chi connectivity index (χ2n) is 6.98. The topological polar surface area (TPSA) is 105 Å². The van der Waals surface area contributed by atoms with Crippen molar-refractivity contribution in [2.24, 2.45) is 17.6 Å². The van der Waals surface area contributed by atoms with Gasteiger partial charge in [-0.2, -0.15) is 0 Å². The van der Waals surface area contributed by atoms with Crippen LogP contribution >= 0.6 is 0 Å². The third kappa shape index (κ3) is 4.15. The molecule has 2 atom stereocenters. The van der Waals surface area contributed by atoms with Crippen LogP contribution in [0.5, 0.6) is 0 Å². The molecule has 0 spiro atoms. The molecule has 134 valence electrons. The number of hydrogen-bond acceptors (Lipinski definition) is 4. The van der Waals surface area contributed by atoms with Crippen molar-refractivity contribution in [3.05, 3.63) is 24.0 Å². The Bertz CT molecular complexity index is 676. The molecule has 2 fully saturated rings. The lowest BCUT2D eigenvalue weighted by Gasteiger charge is -2.37. The fraction of sp³-hybridized carbons (Fsp3) is 0.556. The number of anilines is 1. The summed E-state index contributed by atoms with van der Waals surface area (Å²) in [5.41, 5.74) is 5.67. The zero-order chi connectivity index (χ0) is 17.8. The largest absolute Gasteiger partial charge is 0.366 e. The van der Waals surface area contributed by atoms with Crippen molar-refractivity contribution in [2.45, 2.75) is 38.5 Å². The summed E-state index contributed by atoms with van der Waals surface area (Å²) < 4.78 is 0. The van der Waals surface area contributed by atoms with E-state index in [-0.39, 0.29) is 5.56 Å². The average Bonchev–Trinajstić information content (AvgIpc) is 2.85. The molecule has 0 unspecified atom stereocenters. The molecule has 1 aliphatic carbocycles. The van der Waals surface area contributed by atoms with E-state index in [4.69, 9.17) is 5.73 Å². The first-order valence-electron chi connectivity index (χ1n) is 8.89. The Morgan fingerprint density at radius 2 is 1.84 bits per heavy atom. The van der Waals surface area contributed by atoms with Crippen molar-refractivity contribution in [3.8, 4) is 0 Å². The molecule has 1 aromatic heterocycles. The lowest BCUT2D eigenvalue weighted by molar-refractivity contribution is -0.145. The minimum atomic E-state index is -0.699. The SMILES string of the molecule is NC(=O)c1cncc(NC(=O)C(=O)N2CC[C@H]3CCCCC[C@H]3C2)c1. The zero-order valence-electron chi connectivity index (χ0n) is 14.2. The maximum atomic E-state index is 12.5. The molecule has 2 heterocycles. The summed E-state index contributed by atoms with van der Waals surface area (Å²) in [6.45, 7) is 1.30. The lowest BCUT2D eigenvalue weighted by Crippen LogP contribution is -2.47. The Hall–Kier alpha value is -2.44. The van der Waals surface area contributed by atoms with Crippen molar-refractivity contribution in [1.29, 1.82) is 0 Å². The number of carbonyl (C=O) groups excluding carboxylic acids is 3. The van der Waals surface area contributed by atoms with Crippen molar-refractivity contribution in [3.63, 3.8) is 0 Å². The highest BCUT2D eigenvalue weighted by Gasteiger charge is 2.34. The van der Waals surface area contributed by atoms with Crippen LogP contribution in [0.4, 0.5) is 5.69 Å². The number of rotatable bonds is 2. The summed E-state index contributed by atoms with van der Waals surface area (Å²) >= 11 is 0. The van der Waals surface area contributed by atoms with Crippen LogP contribution < -0.4 is 11.1 Å². The molecule has 3 N–H and O–H groups in total. The first-order chi connectivity index (χ1) is 12.0.